The fourth-order valence-electron chi connectivity index (χ4n) is 8.06. The molecule has 1 heterocycles. The molecule has 2 fully saturated rings. The minimum atomic E-state index is 0.0218. The lowest BCUT2D eigenvalue weighted by atomic mass is 9.67. The Morgan fingerprint density at radius 3 is 2.42 bits per heavy atom. The smallest absolute Gasteiger partial charge is 0.162 e. The molecule has 0 radical (unpaired) electrons. The number of ketones is 1. The molecule has 3 aromatic rings. The van der Waals surface area contributed by atoms with Crippen molar-refractivity contribution in [3.8, 4) is 0 Å². The normalized spacial score (nSPS) is 31.5. The maximum atomic E-state index is 14.0. The fraction of sp³-hybridized carbons (Fsp3) is 0.382. The van der Waals surface area contributed by atoms with E-state index in [-0.39, 0.29) is 17.3 Å². The Hall–Kier alpha value is -3.13. The van der Waals surface area contributed by atoms with Crippen LogP contribution < -0.4 is 5.32 Å². The molecule has 0 spiro atoms. The van der Waals surface area contributed by atoms with E-state index in [0.717, 1.165) is 23.6 Å². The zero-order chi connectivity index (χ0) is 24.7. The first-order valence-corrected chi connectivity index (χ1v) is 13.7. The van der Waals surface area contributed by atoms with E-state index in [2.05, 4.69) is 98.9 Å². The zero-order valence-electron chi connectivity index (χ0n) is 21.6. The highest BCUT2D eigenvalue weighted by atomic mass is 16.1. The first-order valence-electron chi connectivity index (χ1n) is 13.7. The third-order valence-corrected chi connectivity index (χ3v) is 10.6. The largest absolute Gasteiger partial charge is 0.358 e. The molecule has 2 bridgehead atoms. The van der Waals surface area contributed by atoms with Crippen LogP contribution in [0.4, 0.5) is 5.69 Å². The molecule has 4 atom stereocenters. The van der Waals surface area contributed by atoms with E-state index in [4.69, 9.17) is 0 Å². The Bertz CT molecular complexity index is 1460. The van der Waals surface area contributed by atoms with Crippen molar-refractivity contribution in [2.45, 2.75) is 64.7 Å². The first-order chi connectivity index (χ1) is 17.4. The van der Waals surface area contributed by atoms with Crippen molar-refractivity contribution >= 4 is 22.2 Å². The van der Waals surface area contributed by atoms with Gasteiger partial charge in [0.25, 0.3) is 0 Å². The lowest BCUT2D eigenvalue weighted by Gasteiger charge is -2.39. The van der Waals surface area contributed by atoms with Gasteiger partial charge in [-0.1, -0.05) is 93.1 Å². The van der Waals surface area contributed by atoms with Crippen molar-refractivity contribution in [1.29, 1.82) is 0 Å². The van der Waals surface area contributed by atoms with Gasteiger partial charge in [0.05, 0.1) is 0 Å². The number of hydrogen-bond donors (Lipinski definition) is 1. The topological polar surface area (TPSA) is 29.1 Å². The van der Waals surface area contributed by atoms with Crippen LogP contribution in [0, 0.1) is 16.7 Å². The van der Waals surface area contributed by atoms with E-state index in [1.165, 1.54) is 46.8 Å². The Labute approximate surface area is 214 Å². The summed E-state index contributed by atoms with van der Waals surface area (Å²) in [6, 6.07) is 23.7. The highest BCUT2D eigenvalue weighted by Crippen LogP contribution is 2.68. The Balaban J connectivity index is 1.41. The summed E-state index contributed by atoms with van der Waals surface area (Å²) in [5, 5.41) is 6.28. The summed E-state index contributed by atoms with van der Waals surface area (Å²) in [6.07, 6.45) is 7.80. The van der Waals surface area contributed by atoms with Gasteiger partial charge in [0, 0.05) is 29.3 Å². The van der Waals surface area contributed by atoms with Gasteiger partial charge >= 0.3 is 0 Å². The lowest BCUT2D eigenvalue weighted by molar-refractivity contribution is -0.116. The first kappa shape index (κ1) is 22.1. The van der Waals surface area contributed by atoms with Gasteiger partial charge in [0.15, 0.2) is 5.78 Å². The van der Waals surface area contributed by atoms with Crippen molar-refractivity contribution in [2.75, 3.05) is 5.32 Å². The number of fused-ring (bicyclic) bond motifs is 5. The highest BCUT2D eigenvalue weighted by molar-refractivity contribution is 6.04. The Morgan fingerprint density at radius 2 is 1.67 bits per heavy atom. The van der Waals surface area contributed by atoms with E-state index in [1.807, 2.05) is 0 Å². The van der Waals surface area contributed by atoms with Gasteiger partial charge in [-0.15, -0.1) is 0 Å². The standard InChI is InChI=1S/C34H35NO/c1-33(2)24-15-16-34(33,3)25(19-24)20-27-31-26-12-8-7-11-22(26)13-14-28(31)35-29-17-23(18-30(36)32(27)29)21-9-5-4-6-10-21/h4-14,20,23-24,27,35H,15-19H2,1-3H3/t23-,24?,27+,34?/m1/s1. The van der Waals surface area contributed by atoms with Gasteiger partial charge in [-0.05, 0) is 76.3 Å². The average molecular weight is 474 g/mol. The number of allylic oxidation sites excluding steroid dienone is 4. The molecule has 36 heavy (non-hydrogen) atoms. The molecule has 7 rings (SSSR count). The average Bonchev–Trinajstić information content (AvgIpc) is 3.22. The monoisotopic (exact) mass is 473 g/mol. The summed E-state index contributed by atoms with van der Waals surface area (Å²) >= 11 is 0. The maximum absolute atomic E-state index is 14.0. The second-order valence-electron chi connectivity index (χ2n) is 12.4. The summed E-state index contributed by atoms with van der Waals surface area (Å²) < 4.78 is 0. The van der Waals surface area contributed by atoms with E-state index in [9.17, 15) is 4.79 Å². The van der Waals surface area contributed by atoms with Crippen molar-refractivity contribution in [2.24, 2.45) is 16.7 Å². The van der Waals surface area contributed by atoms with Crippen LogP contribution in [0.25, 0.3) is 10.8 Å². The van der Waals surface area contributed by atoms with Crippen molar-refractivity contribution in [3.05, 3.63) is 101 Å². The van der Waals surface area contributed by atoms with E-state index >= 15 is 0 Å². The van der Waals surface area contributed by atoms with Crippen LogP contribution in [-0.4, -0.2) is 5.78 Å². The summed E-state index contributed by atoms with van der Waals surface area (Å²) in [7, 11) is 0. The number of rotatable bonds is 2. The molecule has 2 nitrogen and oxygen atoms in total. The zero-order valence-corrected chi connectivity index (χ0v) is 21.6. The number of carbonyl (C=O) groups excluding carboxylic acids is 1. The minimum absolute atomic E-state index is 0.0218. The van der Waals surface area contributed by atoms with Gasteiger partial charge in [-0.25, -0.2) is 0 Å². The number of Topliss-reactive ketones (excluding diaryl/α,β-unsaturated/α-hetero) is 1. The molecule has 2 unspecified atom stereocenters. The van der Waals surface area contributed by atoms with Crippen LogP contribution in [0.1, 0.15) is 75.8 Å². The Morgan fingerprint density at radius 1 is 0.889 bits per heavy atom. The number of nitrogens with one attached hydrogen (secondary N) is 1. The fourth-order valence-corrected chi connectivity index (χ4v) is 8.06. The van der Waals surface area contributed by atoms with Crippen molar-refractivity contribution in [1.82, 2.24) is 0 Å². The number of hydrogen-bond acceptors (Lipinski definition) is 2. The number of benzene rings is 3. The molecule has 1 aliphatic heterocycles. The molecule has 2 saturated carbocycles. The predicted molar refractivity (Wildman–Crippen MR) is 148 cm³/mol. The van der Waals surface area contributed by atoms with Crippen LogP contribution in [0.15, 0.2) is 89.6 Å². The van der Waals surface area contributed by atoms with E-state index < -0.39 is 0 Å². The Kier molecular flexibility index (Phi) is 4.72. The molecule has 1 N–H and O–H groups in total. The molecule has 3 aliphatic carbocycles. The maximum Gasteiger partial charge on any atom is 0.162 e. The second kappa shape index (κ2) is 7.68. The molecule has 0 saturated heterocycles. The second-order valence-corrected chi connectivity index (χ2v) is 12.4. The SMILES string of the molecule is CC12CCC(CC1=C[C@@H]1C3=C(C[C@@H](c4ccccc4)CC3=O)Nc3ccc4ccccc4c31)C2(C)C. The molecule has 0 amide bonds. The van der Waals surface area contributed by atoms with Crippen LogP contribution in [-0.2, 0) is 4.79 Å². The van der Waals surface area contributed by atoms with Crippen LogP contribution in [0.2, 0.25) is 0 Å². The summed E-state index contributed by atoms with van der Waals surface area (Å²) in [5.41, 5.74) is 8.00. The van der Waals surface area contributed by atoms with Gasteiger partial charge in [-0.3, -0.25) is 4.79 Å². The van der Waals surface area contributed by atoms with Gasteiger partial charge in [0.2, 0.25) is 0 Å². The quantitative estimate of drug-likeness (QED) is 0.378. The molecule has 4 aliphatic rings. The van der Waals surface area contributed by atoms with Gasteiger partial charge in [0.1, 0.15) is 0 Å². The molecule has 182 valence electrons. The van der Waals surface area contributed by atoms with E-state index in [0.29, 0.717) is 17.6 Å². The molecular formula is C34H35NO. The van der Waals surface area contributed by atoms with Crippen molar-refractivity contribution < 1.29 is 4.79 Å². The summed E-state index contributed by atoms with van der Waals surface area (Å²) in [6.45, 7) is 7.43. The number of anilines is 1. The molecule has 3 aromatic carbocycles. The molecule has 0 aromatic heterocycles. The van der Waals surface area contributed by atoms with E-state index in [1.54, 1.807) is 5.57 Å². The van der Waals surface area contributed by atoms with Gasteiger partial charge < -0.3 is 5.32 Å². The molecule has 2 heteroatoms. The highest BCUT2D eigenvalue weighted by Gasteiger charge is 2.58. The summed E-state index contributed by atoms with van der Waals surface area (Å²) in [4.78, 5) is 14.0. The number of carbonyl (C=O) groups is 1. The minimum Gasteiger partial charge on any atom is -0.358 e. The lowest BCUT2D eigenvalue weighted by Crippen LogP contribution is -2.30. The molecular weight excluding hydrogens is 438 g/mol. The van der Waals surface area contributed by atoms with Crippen molar-refractivity contribution in [3.63, 3.8) is 0 Å². The summed E-state index contributed by atoms with van der Waals surface area (Å²) in [5.74, 6) is 1.32. The third-order valence-electron chi connectivity index (χ3n) is 10.6. The third kappa shape index (κ3) is 3.00. The van der Waals surface area contributed by atoms with Crippen LogP contribution in [0.5, 0.6) is 0 Å². The van der Waals surface area contributed by atoms with Crippen LogP contribution in [0.3, 0.4) is 0 Å². The predicted octanol–water partition coefficient (Wildman–Crippen LogP) is 8.52. The van der Waals surface area contributed by atoms with Gasteiger partial charge in [-0.2, -0.15) is 0 Å². The van der Waals surface area contributed by atoms with Crippen LogP contribution >= 0.6 is 0 Å².